The summed E-state index contributed by atoms with van der Waals surface area (Å²) in [5.74, 6) is -0.395. The lowest BCUT2D eigenvalue weighted by Gasteiger charge is -2.71. The number of fused-ring (bicyclic) bond motifs is 5. The zero-order valence-corrected chi connectivity index (χ0v) is 44.7. The van der Waals surface area contributed by atoms with Gasteiger partial charge in [-0.1, -0.05) is 46.3 Å². The quantitative estimate of drug-likeness (QED) is 0.0651. The van der Waals surface area contributed by atoms with Crippen molar-refractivity contribution in [2.24, 2.45) is 45.3 Å². The maximum Gasteiger partial charge on any atom is 0.187 e. The minimum Gasteiger partial charge on any atom is -0.394 e. The van der Waals surface area contributed by atoms with E-state index in [9.17, 15) is 71.5 Å². The Balaban J connectivity index is 1.01. The molecule has 434 valence electrons. The van der Waals surface area contributed by atoms with Gasteiger partial charge in [-0.15, -0.1) is 0 Å². The van der Waals surface area contributed by atoms with Gasteiger partial charge in [0.15, 0.2) is 25.2 Å². The Hall–Kier alpha value is -1.14. The first kappa shape index (κ1) is 60.0. The maximum absolute atomic E-state index is 12.8. The Labute approximate surface area is 439 Å². The molecule has 0 amide bonds. The van der Waals surface area contributed by atoms with E-state index in [1.807, 2.05) is 20.8 Å². The predicted octanol–water partition coefficient (Wildman–Crippen LogP) is -1.56. The Morgan fingerprint density at radius 3 is 1.80 bits per heavy atom. The van der Waals surface area contributed by atoms with E-state index in [4.69, 9.17) is 37.9 Å². The van der Waals surface area contributed by atoms with Crippen molar-refractivity contribution >= 4 is 0 Å². The van der Waals surface area contributed by atoms with E-state index in [1.54, 1.807) is 0 Å². The van der Waals surface area contributed by atoms with Gasteiger partial charge in [0.1, 0.15) is 91.6 Å². The minimum absolute atomic E-state index is 0.0508. The number of hydrogen-bond acceptors (Lipinski definition) is 22. The second-order valence-electron chi connectivity index (χ2n) is 25.3. The van der Waals surface area contributed by atoms with Crippen LogP contribution in [0.2, 0.25) is 0 Å². The fourth-order valence-corrected chi connectivity index (χ4v) is 16.0. The molecule has 0 aromatic rings. The zero-order chi connectivity index (χ0) is 55.1. The normalized spacial score (nSPS) is 52.7. The van der Waals surface area contributed by atoms with Crippen LogP contribution < -0.4 is 0 Å². The molecule has 29 atom stereocenters. The second kappa shape index (κ2) is 22.7. The highest BCUT2D eigenvalue weighted by atomic mass is 16.8. The molecule has 0 aromatic heterocycles. The summed E-state index contributed by atoms with van der Waals surface area (Å²) in [6, 6.07) is 0. The lowest BCUT2D eigenvalue weighted by molar-refractivity contribution is -0.378. The fourth-order valence-electron chi connectivity index (χ4n) is 16.0. The van der Waals surface area contributed by atoms with Gasteiger partial charge in [-0.25, -0.2) is 0 Å². The third-order valence-corrected chi connectivity index (χ3v) is 20.5. The van der Waals surface area contributed by atoms with E-state index < -0.39 is 165 Å². The number of ether oxygens (including phenoxy) is 8. The molecule has 0 aromatic carbocycles. The summed E-state index contributed by atoms with van der Waals surface area (Å²) in [6.45, 7) is 15.1. The number of aliphatic hydroxyl groups excluding tert-OH is 14. The third kappa shape index (κ3) is 10.6. The molecule has 4 heterocycles. The van der Waals surface area contributed by atoms with Crippen LogP contribution in [0.15, 0.2) is 11.6 Å². The number of hydrogen-bond donors (Lipinski definition) is 14. The molecular formula is C53H90O22. The number of allylic oxidation sites excluding steroid dienone is 2. The van der Waals surface area contributed by atoms with E-state index in [0.29, 0.717) is 38.5 Å². The lowest BCUT2D eigenvalue weighted by Crippen LogP contribution is -2.68. The van der Waals surface area contributed by atoms with Crippen molar-refractivity contribution in [2.75, 3.05) is 26.4 Å². The average molecular weight is 1080 g/mol. The van der Waals surface area contributed by atoms with Gasteiger partial charge in [0.05, 0.1) is 44.2 Å². The van der Waals surface area contributed by atoms with Crippen LogP contribution in [0.1, 0.15) is 113 Å². The van der Waals surface area contributed by atoms with Crippen LogP contribution >= 0.6 is 0 Å². The van der Waals surface area contributed by atoms with Gasteiger partial charge in [0.25, 0.3) is 0 Å². The molecule has 4 aliphatic carbocycles. The van der Waals surface area contributed by atoms with Crippen LogP contribution in [0.3, 0.4) is 0 Å². The lowest BCUT2D eigenvalue weighted by atomic mass is 9.35. The summed E-state index contributed by atoms with van der Waals surface area (Å²) in [5, 5.41) is 151. The highest BCUT2D eigenvalue weighted by molar-refractivity contribution is 5.20. The van der Waals surface area contributed by atoms with Crippen molar-refractivity contribution in [3.63, 3.8) is 0 Å². The van der Waals surface area contributed by atoms with Crippen molar-refractivity contribution < 1.29 is 109 Å². The summed E-state index contributed by atoms with van der Waals surface area (Å²) in [7, 11) is 0. The van der Waals surface area contributed by atoms with Gasteiger partial charge in [-0.05, 0) is 124 Å². The van der Waals surface area contributed by atoms with Crippen LogP contribution in [-0.4, -0.2) is 232 Å². The predicted molar refractivity (Wildman–Crippen MR) is 260 cm³/mol. The fraction of sp³-hybridized carbons (Fsp3) is 0.962. The van der Waals surface area contributed by atoms with Crippen LogP contribution in [-0.2, 0) is 37.9 Å². The molecule has 8 fully saturated rings. The maximum atomic E-state index is 12.8. The molecule has 1 unspecified atom stereocenters. The molecular weight excluding hydrogens is 989 g/mol. The van der Waals surface area contributed by atoms with E-state index in [2.05, 4.69) is 40.7 Å². The van der Waals surface area contributed by atoms with Crippen LogP contribution in [0.25, 0.3) is 0 Å². The molecule has 22 heteroatoms. The van der Waals surface area contributed by atoms with Crippen molar-refractivity contribution in [1.29, 1.82) is 0 Å². The zero-order valence-electron chi connectivity index (χ0n) is 44.7. The first-order valence-corrected chi connectivity index (χ1v) is 27.3. The summed E-state index contributed by atoms with van der Waals surface area (Å²) >= 11 is 0. The van der Waals surface area contributed by atoms with E-state index in [0.717, 1.165) is 24.8 Å². The third-order valence-electron chi connectivity index (χ3n) is 20.5. The summed E-state index contributed by atoms with van der Waals surface area (Å²) in [4.78, 5) is 0. The molecule has 0 spiro atoms. The van der Waals surface area contributed by atoms with Crippen LogP contribution in [0.5, 0.6) is 0 Å². The summed E-state index contributed by atoms with van der Waals surface area (Å²) in [6.07, 6.45) is -22.6. The van der Waals surface area contributed by atoms with Gasteiger partial charge in [-0.2, -0.15) is 0 Å². The van der Waals surface area contributed by atoms with Crippen molar-refractivity contribution in [1.82, 2.24) is 0 Å². The molecule has 75 heavy (non-hydrogen) atoms. The summed E-state index contributed by atoms with van der Waals surface area (Å²) < 4.78 is 48.8. The van der Waals surface area contributed by atoms with Crippen molar-refractivity contribution in [3.05, 3.63) is 11.6 Å². The molecule has 0 bridgehead atoms. The van der Waals surface area contributed by atoms with Crippen LogP contribution in [0.4, 0.5) is 0 Å². The van der Waals surface area contributed by atoms with E-state index in [1.165, 1.54) is 0 Å². The molecule has 8 rings (SSSR count). The molecule has 4 saturated heterocycles. The Kier molecular flexibility index (Phi) is 18.1. The molecule has 14 N–H and O–H groups in total. The van der Waals surface area contributed by atoms with Gasteiger partial charge >= 0.3 is 0 Å². The molecule has 4 aliphatic heterocycles. The Morgan fingerprint density at radius 1 is 0.587 bits per heavy atom. The Bertz CT molecular complexity index is 1940. The second-order valence-corrected chi connectivity index (χ2v) is 25.3. The molecule has 0 radical (unpaired) electrons. The van der Waals surface area contributed by atoms with Gasteiger partial charge in [0.2, 0.25) is 0 Å². The number of aliphatic hydroxyl groups is 14. The first-order chi connectivity index (χ1) is 35.1. The standard InChI is InChI=1S/C53H90O22/c1-23(2)10-9-14-53(8,75-47-43(67)39(63)37(61)29(72-47)22-69-45-41(65)34(58)26(57)21-68-45)24-11-16-52(7)33(24)25(56)18-31-50(5)15-13-32(49(3,4)30(50)12-17-51(31,52)6)73-48-44(40(64)36(60)28(20-55)71-48)74-46-42(66)38(62)35(59)27(19-54)70-46/h10,24-48,54-67H,9,11-22H2,1-8H3/t24-,25+,26-,27+,28+,29+,30-,31?,32-,33-,34-,35+,36+,37+,38-,39-,40-,41+,42+,43+,44+,45+,46-,47-,48-,50-,51+,52+,53-/m0/s1. The SMILES string of the molecule is CC(C)=CCC[C@](C)(O[C@@H]1O[C@H](CO[C@H]2OC[C@H](O)[C@H](O)[C@H]2O)[C@@H](O)[C@H](O)[C@H]1O)[C@H]1CC[C@]2(C)[C@@H]1[C@H](O)CC1[C@@]3(C)CC[C@H](O[C@@H]4O[C@H](CO)[C@@H](O)[C@H](O)[C@H]4O[C@@H]4O[C@H](CO)[C@@H](O)[C@H](O)[C@H]4O)C(C)(C)[C@@H]3CC[C@]12C. The highest BCUT2D eigenvalue weighted by Gasteiger charge is 2.72. The minimum atomic E-state index is -1.81. The van der Waals surface area contributed by atoms with Crippen LogP contribution in [0, 0.1) is 45.3 Å². The topological polar surface area (TPSA) is 357 Å². The number of rotatable bonds is 15. The average Bonchev–Trinajstić information content (AvgIpc) is 3.75. The van der Waals surface area contributed by atoms with Gasteiger partial charge in [-0.3, -0.25) is 0 Å². The Morgan fingerprint density at radius 2 is 1.16 bits per heavy atom. The monoisotopic (exact) mass is 1080 g/mol. The largest absolute Gasteiger partial charge is 0.394 e. The smallest absolute Gasteiger partial charge is 0.187 e. The highest BCUT2D eigenvalue weighted by Crippen LogP contribution is 2.76. The molecule has 22 nitrogen and oxygen atoms in total. The van der Waals surface area contributed by atoms with Gasteiger partial charge in [0, 0.05) is 0 Å². The van der Waals surface area contributed by atoms with Crippen molar-refractivity contribution in [3.8, 4) is 0 Å². The van der Waals surface area contributed by atoms with Gasteiger partial charge < -0.3 is 109 Å². The molecule has 8 aliphatic rings. The molecule has 4 saturated carbocycles. The summed E-state index contributed by atoms with van der Waals surface area (Å²) in [5.41, 5.74) is -1.48. The van der Waals surface area contributed by atoms with Crippen molar-refractivity contribution in [2.45, 2.75) is 248 Å². The van der Waals surface area contributed by atoms with E-state index >= 15 is 0 Å². The first-order valence-electron chi connectivity index (χ1n) is 27.3. The van der Waals surface area contributed by atoms with E-state index in [-0.39, 0.29) is 41.1 Å².